The van der Waals surface area contributed by atoms with E-state index >= 15 is 0 Å². The number of rotatable bonds is 7. The average Bonchev–Trinajstić information content (AvgIpc) is 3.00. The van der Waals surface area contributed by atoms with Crippen LogP contribution in [-0.2, 0) is 17.8 Å². The lowest BCUT2D eigenvalue weighted by molar-refractivity contribution is 0.185. The lowest BCUT2D eigenvalue weighted by Crippen LogP contribution is -2.13. The van der Waals surface area contributed by atoms with Crippen LogP contribution in [0.3, 0.4) is 0 Å². The van der Waals surface area contributed by atoms with Crippen molar-refractivity contribution in [1.29, 1.82) is 0 Å². The van der Waals surface area contributed by atoms with E-state index in [1.54, 1.807) is 11.8 Å². The predicted octanol–water partition coefficient (Wildman–Crippen LogP) is 2.33. The van der Waals surface area contributed by atoms with Gasteiger partial charge in [0.2, 0.25) is 0 Å². The molecule has 0 amide bonds. The summed E-state index contributed by atoms with van der Waals surface area (Å²) < 4.78 is 7.57. The summed E-state index contributed by atoms with van der Waals surface area (Å²) in [5.41, 5.74) is 5.72. The predicted molar refractivity (Wildman–Crippen MR) is 84.3 cm³/mol. The van der Waals surface area contributed by atoms with Crippen LogP contribution >= 0.6 is 24.2 Å². The van der Waals surface area contributed by atoms with Crippen LogP contribution in [0, 0.1) is 11.8 Å². The van der Waals surface area contributed by atoms with Crippen LogP contribution in [0.4, 0.5) is 0 Å². The van der Waals surface area contributed by atoms with Crippen molar-refractivity contribution in [3.8, 4) is 0 Å². The maximum Gasteiger partial charge on any atom is 0.191 e. The Hall–Kier alpha value is -0.300. The van der Waals surface area contributed by atoms with E-state index in [0.717, 1.165) is 42.4 Å². The summed E-state index contributed by atoms with van der Waals surface area (Å²) in [4.78, 5) is 0. The van der Waals surface area contributed by atoms with E-state index in [-0.39, 0.29) is 12.4 Å². The Kier molecular flexibility index (Phi) is 7.87. The number of nitrogens with zero attached hydrogens (tertiary/aromatic N) is 3. The summed E-state index contributed by atoms with van der Waals surface area (Å²) >= 11 is 1.79. The molecule has 1 saturated heterocycles. The molecule has 2 rings (SSSR count). The highest BCUT2D eigenvalue weighted by molar-refractivity contribution is 7.99. The zero-order valence-electron chi connectivity index (χ0n) is 12.2. The molecule has 1 atom stereocenters. The van der Waals surface area contributed by atoms with Gasteiger partial charge in [-0.1, -0.05) is 25.6 Å². The first kappa shape index (κ1) is 17.8. The molecule has 0 aromatic carbocycles. The van der Waals surface area contributed by atoms with E-state index in [1.165, 1.54) is 12.8 Å². The molecule has 1 aromatic rings. The van der Waals surface area contributed by atoms with Gasteiger partial charge in [-0.15, -0.1) is 22.6 Å². The monoisotopic (exact) mass is 320 g/mol. The Labute approximate surface area is 131 Å². The molecule has 116 valence electrons. The van der Waals surface area contributed by atoms with Gasteiger partial charge in [0, 0.05) is 25.5 Å². The molecule has 1 aliphatic rings. The van der Waals surface area contributed by atoms with Gasteiger partial charge in [-0.2, -0.15) is 0 Å². The van der Waals surface area contributed by atoms with Gasteiger partial charge in [0.25, 0.3) is 0 Å². The van der Waals surface area contributed by atoms with Crippen LogP contribution in [-0.4, -0.2) is 33.7 Å². The smallest absolute Gasteiger partial charge is 0.191 e. The van der Waals surface area contributed by atoms with E-state index < -0.39 is 0 Å². The third-order valence-corrected chi connectivity index (χ3v) is 4.31. The maximum absolute atomic E-state index is 5.72. The zero-order chi connectivity index (χ0) is 13.7. The normalized spacial score (nSPS) is 18.5. The number of halogens is 1. The molecule has 0 bridgehead atoms. The fourth-order valence-electron chi connectivity index (χ4n) is 2.25. The van der Waals surface area contributed by atoms with Crippen LogP contribution in [0.2, 0.25) is 0 Å². The van der Waals surface area contributed by atoms with Gasteiger partial charge in [-0.3, -0.25) is 0 Å². The Bertz CT molecular complexity index is 394. The quantitative estimate of drug-likeness (QED) is 0.781. The minimum absolute atomic E-state index is 0. The molecule has 0 aliphatic carbocycles. The average molecular weight is 321 g/mol. The molecule has 1 aliphatic heterocycles. The highest BCUT2D eigenvalue weighted by atomic mass is 35.5. The van der Waals surface area contributed by atoms with Gasteiger partial charge in [0.05, 0.1) is 6.54 Å². The van der Waals surface area contributed by atoms with E-state index in [9.17, 15) is 0 Å². The van der Waals surface area contributed by atoms with E-state index in [4.69, 9.17) is 10.5 Å². The van der Waals surface area contributed by atoms with Crippen molar-refractivity contribution >= 4 is 24.2 Å². The molecule has 0 spiro atoms. The second kappa shape index (κ2) is 8.87. The van der Waals surface area contributed by atoms with Crippen molar-refractivity contribution in [2.24, 2.45) is 17.6 Å². The Morgan fingerprint density at radius 2 is 2.25 bits per heavy atom. The molecule has 2 N–H and O–H groups in total. The Balaban J connectivity index is 0.00000200. The standard InChI is InChI=1S/C13H24N4OS.ClH/c1-10(2)8-17-12(7-14)15-16-13(17)19-6-4-11-3-5-18-9-11;/h10-11H,3-9,14H2,1-2H3;1H. The minimum atomic E-state index is 0. The number of hydrogen-bond donors (Lipinski definition) is 1. The van der Waals surface area contributed by atoms with E-state index in [0.29, 0.717) is 12.5 Å². The first-order valence-corrected chi connectivity index (χ1v) is 8.02. The fraction of sp³-hybridized carbons (Fsp3) is 0.846. The molecule has 5 nitrogen and oxygen atoms in total. The topological polar surface area (TPSA) is 66.0 Å². The van der Waals surface area contributed by atoms with Gasteiger partial charge in [0.15, 0.2) is 5.16 Å². The molecule has 1 unspecified atom stereocenters. The highest BCUT2D eigenvalue weighted by Gasteiger charge is 2.17. The fourth-order valence-corrected chi connectivity index (χ4v) is 3.32. The lowest BCUT2D eigenvalue weighted by Gasteiger charge is -2.12. The van der Waals surface area contributed by atoms with Crippen LogP contribution in [0.5, 0.6) is 0 Å². The van der Waals surface area contributed by atoms with Crippen LogP contribution in [0.1, 0.15) is 32.5 Å². The molecule has 2 heterocycles. The summed E-state index contributed by atoms with van der Waals surface area (Å²) in [6.07, 6.45) is 2.39. The molecular weight excluding hydrogens is 296 g/mol. The van der Waals surface area contributed by atoms with Crippen molar-refractivity contribution in [2.75, 3.05) is 19.0 Å². The number of thioether (sulfide) groups is 1. The third kappa shape index (κ3) is 4.91. The Morgan fingerprint density at radius 1 is 1.45 bits per heavy atom. The molecular formula is C13H25ClN4OS. The SMILES string of the molecule is CC(C)Cn1c(CN)nnc1SCCC1CCOC1.Cl. The van der Waals surface area contributed by atoms with Crippen molar-refractivity contribution in [3.63, 3.8) is 0 Å². The largest absolute Gasteiger partial charge is 0.381 e. The number of ether oxygens (including phenoxy) is 1. The molecule has 0 radical (unpaired) electrons. The second-order valence-electron chi connectivity index (χ2n) is 5.47. The highest BCUT2D eigenvalue weighted by Crippen LogP contribution is 2.24. The van der Waals surface area contributed by atoms with Gasteiger partial charge in [0.1, 0.15) is 5.82 Å². The van der Waals surface area contributed by atoms with Crippen molar-refractivity contribution in [3.05, 3.63) is 5.82 Å². The van der Waals surface area contributed by atoms with Gasteiger partial charge < -0.3 is 15.0 Å². The number of aromatic nitrogens is 3. The van der Waals surface area contributed by atoms with E-state index in [2.05, 4.69) is 28.6 Å². The molecule has 1 aromatic heterocycles. The van der Waals surface area contributed by atoms with Crippen LogP contribution < -0.4 is 5.73 Å². The first-order chi connectivity index (χ1) is 9.20. The van der Waals surface area contributed by atoms with Crippen LogP contribution in [0.15, 0.2) is 5.16 Å². The summed E-state index contributed by atoms with van der Waals surface area (Å²) in [6.45, 7) is 7.64. The zero-order valence-corrected chi connectivity index (χ0v) is 13.9. The van der Waals surface area contributed by atoms with Gasteiger partial charge in [-0.25, -0.2) is 0 Å². The van der Waals surface area contributed by atoms with Crippen LogP contribution in [0.25, 0.3) is 0 Å². The van der Waals surface area contributed by atoms with Gasteiger partial charge >= 0.3 is 0 Å². The molecule has 1 fully saturated rings. The third-order valence-electron chi connectivity index (χ3n) is 3.31. The summed E-state index contributed by atoms with van der Waals surface area (Å²) in [6, 6.07) is 0. The van der Waals surface area contributed by atoms with Crippen molar-refractivity contribution < 1.29 is 4.74 Å². The maximum atomic E-state index is 5.72. The minimum Gasteiger partial charge on any atom is -0.381 e. The number of nitrogens with two attached hydrogens (primary N) is 1. The first-order valence-electron chi connectivity index (χ1n) is 7.03. The number of hydrogen-bond acceptors (Lipinski definition) is 5. The lowest BCUT2D eigenvalue weighted by atomic mass is 10.1. The van der Waals surface area contributed by atoms with E-state index in [1.807, 2.05) is 0 Å². The molecule has 7 heteroatoms. The summed E-state index contributed by atoms with van der Waals surface area (Å²) in [5.74, 6) is 3.27. The summed E-state index contributed by atoms with van der Waals surface area (Å²) in [7, 11) is 0. The molecule has 20 heavy (non-hydrogen) atoms. The molecule has 0 saturated carbocycles. The van der Waals surface area contributed by atoms with Crippen molar-refractivity contribution in [1.82, 2.24) is 14.8 Å². The Morgan fingerprint density at radius 3 is 2.85 bits per heavy atom. The van der Waals surface area contributed by atoms with Crippen molar-refractivity contribution in [2.45, 2.75) is 44.9 Å². The summed E-state index contributed by atoms with van der Waals surface area (Å²) in [5, 5.41) is 9.46. The van der Waals surface area contributed by atoms with Gasteiger partial charge in [-0.05, 0) is 24.7 Å². The second-order valence-corrected chi connectivity index (χ2v) is 6.54.